The molecule has 0 rings (SSSR count). The van der Waals surface area contributed by atoms with E-state index in [4.69, 9.17) is 9.47 Å². The Kier molecular flexibility index (Phi) is 19.5. The molecule has 0 spiro atoms. The maximum atomic E-state index is 11.7. The second-order valence-electron chi connectivity index (χ2n) is 6.04. The molecule has 2 radical (unpaired) electrons. The Balaban J connectivity index is 3.51. The van der Waals surface area contributed by atoms with E-state index in [1.807, 2.05) is 0 Å². The van der Waals surface area contributed by atoms with Crippen molar-refractivity contribution >= 4 is 48.2 Å². The summed E-state index contributed by atoms with van der Waals surface area (Å²) in [6.45, 7) is 7.59. The van der Waals surface area contributed by atoms with E-state index in [0.29, 0.717) is 30.6 Å². The molecule has 0 bridgehead atoms. The third-order valence-electron chi connectivity index (χ3n) is 3.78. The van der Waals surface area contributed by atoms with E-state index >= 15 is 0 Å². The van der Waals surface area contributed by atoms with Crippen LogP contribution in [0.5, 0.6) is 0 Å². The molecule has 0 amide bonds. The molecule has 0 aliphatic carbocycles. The molecule has 0 saturated heterocycles. The van der Waals surface area contributed by atoms with Gasteiger partial charge in [0.15, 0.2) is 0 Å². The minimum atomic E-state index is -0.811. The van der Waals surface area contributed by atoms with Gasteiger partial charge in [0.25, 0.3) is 0 Å². The van der Waals surface area contributed by atoms with E-state index in [2.05, 4.69) is 20.8 Å². The molecular weight excluding hydrogens is 463 g/mol. The monoisotopic (exact) mass is 498 g/mol. The molecule has 0 aromatic carbocycles. The minimum absolute atomic E-state index is 0.111. The average Bonchev–Trinajstić information content (AvgIpc) is 2.61. The fourth-order valence-electron chi connectivity index (χ4n) is 2.13. The Labute approximate surface area is 169 Å². The van der Waals surface area contributed by atoms with Crippen LogP contribution in [0.2, 0.25) is 0 Å². The third kappa shape index (κ3) is 17.6. The van der Waals surface area contributed by atoms with Crippen molar-refractivity contribution in [2.24, 2.45) is 5.92 Å². The number of unbranched alkanes of at least 4 members (excludes halogenated alkanes) is 4. The van der Waals surface area contributed by atoms with E-state index < -0.39 is 18.4 Å². The van der Waals surface area contributed by atoms with Crippen molar-refractivity contribution < 1.29 is 19.1 Å². The van der Waals surface area contributed by atoms with Gasteiger partial charge < -0.3 is 0 Å². The summed E-state index contributed by atoms with van der Waals surface area (Å²) in [5.74, 6) is 1.12. The number of hydrogen-bond acceptors (Lipinski definition) is 6. The number of rotatable bonds is 17. The van der Waals surface area contributed by atoms with Gasteiger partial charge in [-0.1, -0.05) is 0 Å². The summed E-state index contributed by atoms with van der Waals surface area (Å²) in [5.41, 5.74) is 0. The standard InChI is InChI=1S/C10H20O2S.C8H16O2S.Sn/c1-3-5-6-9(4-2)7-12-10(11)8-13;1-2-3-4-5-6-10-8(9)7-11;/h9,13H,3-8H2,1-2H3;11H,2-7H2,1H3;/q;;+2/p-2. The number of hydrogen-bond donors (Lipinski definition) is 0. The summed E-state index contributed by atoms with van der Waals surface area (Å²) in [7, 11) is 3.33. The Morgan fingerprint density at radius 3 is 2.12 bits per heavy atom. The summed E-state index contributed by atoms with van der Waals surface area (Å²) in [5, 5.41) is 0. The van der Waals surface area contributed by atoms with Crippen LogP contribution in [-0.4, -0.2) is 55.0 Å². The predicted molar refractivity (Wildman–Crippen MR) is 110 cm³/mol. The maximum absolute atomic E-state index is 11.7. The molecule has 1 atom stereocenters. The molecule has 7 heteroatoms. The average molecular weight is 497 g/mol. The molecule has 0 heterocycles. The number of carbonyl (C=O) groups is 2. The zero-order chi connectivity index (χ0) is 18.8. The van der Waals surface area contributed by atoms with Gasteiger partial charge in [-0.15, -0.1) is 0 Å². The van der Waals surface area contributed by atoms with Crippen LogP contribution in [0.4, 0.5) is 0 Å². The fourth-order valence-corrected chi connectivity index (χ4v) is 10.5. The van der Waals surface area contributed by atoms with Crippen LogP contribution >= 0.6 is 17.9 Å². The fraction of sp³-hybridized carbons (Fsp3) is 0.889. The predicted octanol–water partition coefficient (Wildman–Crippen LogP) is 4.87. The molecule has 0 aliphatic heterocycles. The zero-order valence-electron chi connectivity index (χ0n) is 16.0. The molecule has 25 heavy (non-hydrogen) atoms. The van der Waals surface area contributed by atoms with Crippen LogP contribution in [0.25, 0.3) is 0 Å². The normalized spacial score (nSPS) is 12.0. The van der Waals surface area contributed by atoms with Crippen LogP contribution in [0.15, 0.2) is 0 Å². The molecule has 146 valence electrons. The van der Waals surface area contributed by atoms with Crippen molar-refractivity contribution in [2.45, 2.75) is 72.1 Å². The number of esters is 2. The summed E-state index contributed by atoms with van der Waals surface area (Å²) in [6.07, 6.45) is 9.06. The second kappa shape index (κ2) is 19.2. The van der Waals surface area contributed by atoms with Crippen LogP contribution < -0.4 is 0 Å². The van der Waals surface area contributed by atoms with E-state index in [0.717, 1.165) is 25.7 Å². The molecular formula is C18H34O4S2Sn. The van der Waals surface area contributed by atoms with Gasteiger partial charge in [0.05, 0.1) is 0 Å². The van der Waals surface area contributed by atoms with Gasteiger partial charge in [-0.05, 0) is 0 Å². The molecule has 0 aromatic heterocycles. The first-order valence-electron chi connectivity index (χ1n) is 9.43. The molecule has 1 unspecified atom stereocenters. The van der Waals surface area contributed by atoms with Crippen LogP contribution in [0.3, 0.4) is 0 Å². The summed E-state index contributed by atoms with van der Waals surface area (Å²) in [4.78, 5) is 23.3. The molecule has 0 saturated carbocycles. The van der Waals surface area contributed by atoms with Gasteiger partial charge in [0.2, 0.25) is 0 Å². The van der Waals surface area contributed by atoms with Crippen molar-refractivity contribution in [1.82, 2.24) is 0 Å². The summed E-state index contributed by atoms with van der Waals surface area (Å²) in [6, 6.07) is 0. The van der Waals surface area contributed by atoms with Gasteiger partial charge in [-0.2, -0.15) is 0 Å². The molecule has 0 aliphatic rings. The van der Waals surface area contributed by atoms with Gasteiger partial charge in [0, 0.05) is 0 Å². The number of ether oxygens (including phenoxy) is 2. The zero-order valence-corrected chi connectivity index (χ0v) is 20.5. The first-order valence-corrected chi connectivity index (χ1v) is 18.4. The van der Waals surface area contributed by atoms with Gasteiger partial charge >= 0.3 is 170 Å². The first-order chi connectivity index (χ1) is 12.1. The molecule has 4 nitrogen and oxygen atoms in total. The Bertz CT molecular complexity index is 343. The van der Waals surface area contributed by atoms with Gasteiger partial charge in [-0.3, -0.25) is 0 Å². The van der Waals surface area contributed by atoms with Crippen molar-refractivity contribution in [2.75, 3.05) is 24.7 Å². The Morgan fingerprint density at radius 2 is 1.52 bits per heavy atom. The molecule has 0 N–H and O–H groups in total. The van der Waals surface area contributed by atoms with Crippen molar-refractivity contribution in [3.63, 3.8) is 0 Å². The van der Waals surface area contributed by atoms with Crippen molar-refractivity contribution in [3.8, 4) is 0 Å². The van der Waals surface area contributed by atoms with E-state index in [1.54, 1.807) is 17.9 Å². The van der Waals surface area contributed by atoms with Crippen molar-refractivity contribution in [3.05, 3.63) is 0 Å². The van der Waals surface area contributed by atoms with Gasteiger partial charge in [0.1, 0.15) is 0 Å². The summed E-state index contributed by atoms with van der Waals surface area (Å²) < 4.78 is 10.6. The van der Waals surface area contributed by atoms with E-state index in [-0.39, 0.29) is 11.9 Å². The quantitative estimate of drug-likeness (QED) is 0.162. The third-order valence-corrected chi connectivity index (χ3v) is 14.0. The van der Waals surface area contributed by atoms with Crippen LogP contribution in [0, 0.1) is 5.92 Å². The summed E-state index contributed by atoms with van der Waals surface area (Å²) >= 11 is -0.811. The number of carbonyl (C=O) groups excluding carboxylic acids is 2. The first kappa shape index (κ1) is 25.4. The van der Waals surface area contributed by atoms with E-state index in [9.17, 15) is 9.59 Å². The van der Waals surface area contributed by atoms with Gasteiger partial charge in [-0.25, -0.2) is 0 Å². The van der Waals surface area contributed by atoms with Crippen LogP contribution in [-0.2, 0) is 19.1 Å². The van der Waals surface area contributed by atoms with E-state index in [1.165, 1.54) is 25.7 Å². The SMILES string of the molecule is CCCCCCOC(=O)C[S][Sn][S]CC(=O)OCC(CC)CCCC. The molecule has 0 fully saturated rings. The van der Waals surface area contributed by atoms with Crippen molar-refractivity contribution in [1.29, 1.82) is 0 Å². The van der Waals surface area contributed by atoms with Crippen LogP contribution in [0.1, 0.15) is 72.1 Å². The topological polar surface area (TPSA) is 52.6 Å². The molecule has 0 aromatic rings. The second-order valence-corrected chi connectivity index (χ2v) is 17.1. The Hall–Kier alpha value is 0.439. The Morgan fingerprint density at radius 1 is 0.880 bits per heavy atom.